The van der Waals surface area contributed by atoms with Gasteiger partial charge in [0.05, 0.1) is 0 Å². The number of carbonyl (C=O) groups excluding carboxylic acids is 1. The van der Waals surface area contributed by atoms with Crippen LogP contribution in [0.5, 0.6) is 11.5 Å². The number of benzene rings is 3. The first kappa shape index (κ1) is 17.1. The largest absolute Gasteiger partial charge is 0.457 e. The van der Waals surface area contributed by atoms with E-state index in [2.05, 4.69) is 11.1 Å². The number of hydrogen-bond donors (Lipinski definition) is 1. The van der Waals surface area contributed by atoms with Crippen LogP contribution in [0.25, 0.3) is 10.9 Å². The lowest BCUT2D eigenvalue weighted by Gasteiger charge is -2.11. The Balaban J connectivity index is 1.44. The number of para-hydroxylation sites is 2. The smallest absolute Gasteiger partial charge is 0.144 e. The number of aromatic nitrogens is 1. The van der Waals surface area contributed by atoms with Gasteiger partial charge in [-0.3, -0.25) is 4.79 Å². The van der Waals surface area contributed by atoms with Crippen molar-refractivity contribution in [3.05, 3.63) is 96.2 Å². The van der Waals surface area contributed by atoms with Gasteiger partial charge in [-0.1, -0.05) is 55.5 Å². The minimum atomic E-state index is -0.151. The topological polar surface area (TPSA) is 42.1 Å². The first-order valence-corrected chi connectivity index (χ1v) is 9.11. The molecule has 1 N–H and O–H groups in total. The summed E-state index contributed by atoms with van der Waals surface area (Å²) in [4.78, 5) is 16.0. The van der Waals surface area contributed by atoms with Gasteiger partial charge in [0.25, 0.3) is 0 Å². The summed E-state index contributed by atoms with van der Waals surface area (Å²) in [5.41, 5.74) is 3.11. The molecule has 0 amide bonds. The van der Waals surface area contributed by atoms with Crippen LogP contribution in [-0.2, 0) is 11.2 Å². The van der Waals surface area contributed by atoms with Gasteiger partial charge in [0, 0.05) is 29.4 Å². The number of Topliss-reactive ketones (excluding diaryl/α,β-unsaturated/α-hetero) is 1. The third kappa shape index (κ3) is 3.77. The zero-order valence-corrected chi connectivity index (χ0v) is 15.2. The number of H-pyrrole nitrogens is 1. The van der Waals surface area contributed by atoms with Gasteiger partial charge in [-0.05, 0) is 41.5 Å². The lowest BCUT2D eigenvalue weighted by molar-refractivity contribution is -0.119. The molecule has 0 aliphatic carbocycles. The molecule has 4 aromatic rings. The molecule has 0 fully saturated rings. The van der Waals surface area contributed by atoms with Crippen LogP contribution in [0.15, 0.2) is 85.1 Å². The van der Waals surface area contributed by atoms with Crippen LogP contribution in [0.1, 0.15) is 24.0 Å². The quantitative estimate of drug-likeness (QED) is 0.469. The Kier molecular flexibility index (Phi) is 4.75. The molecular formula is C24H21NO2. The molecular weight excluding hydrogens is 334 g/mol. The minimum absolute atomic E-state index is 0.151. The molecule has 1 atom stereocenters. The van der Waals surface area contributed by atoms with Crippen molar-refractivity contribution >= 4 is 16.7 Å². The van der Waals surface area contributed by atoms with Crippen LogP contribution in [0.3, 0.4) is 0 Å². The molecule has 4 rings (SSSR count). The Hall–Kier alpha value is -3.33. The third-order valence-corrected chi connectivity index (χ3v) is 4.85. The molecule has 0 saturated heterocycles. The van der Waals surface area contributed by atoms with Gasteiger partial charge in [-0.25, -0.2) is 0 Å². The average Bonchev–Trinajstić information content (AvgIpc) is 3.14. The van der Waals surface area contributed by atoms with E-state index in [1.165, 1.54) is 0 Å². The molecule has 0 bridgehead atoms. The van der Waals surface area contributed by atoms with E-state index in [-0.39, 0.29) is 11.7 Å². The summed E-state index contributed by atoms with van der Waals surface area (Å²) in [6, 6.07) is 25.5. The van der Waals surface area contributed by atoms with Crippen molar-refractivity contribution in [3.8, 4) is 11.5 Å². The number of carbonyl (C=O) groups is 1. The van der Waals surface area contributed by atoms with E-state index in [9.17, 15) is 4.79 Å². The minimum Gasteiger partial charge on any atom is -0.457 e. The molecule has 0 spiro atoms. The number of ketones is 1. The average molecular weight is 355 g/mol. The molecule has 0 aliphatic rings. The van der Waals surface area contributed by atoms with Crippen molar-refractivity contribution in [2.45, 2.75) is 19.3 Å². The van der Waals surface area contributed by atoms with Crippen LogP contribution >= 0.6 is 0 Å². The first-order valence-electron chi connectivity index (χ1n) is 9.11. The molecule has 0 saturated carbocycles. The van der Waals surface area contributed by atoms with Gasteiger partial charge in [0.15, 0.2) is 0 Å². The number of fused-ring (bicyclic) bond motifs is 1. The molecule has 0 radical (unpaired) electrons. The normalized spacial score (nSPS) is 12.0. The molecule has 0 aliphatic heterocycles. The number of ether oxygens (including phenoxy) is 1. The lowest BCUT2D eigenvalue weighted by atomic mass is 9.92. The van der Waals surface area contributed by atoms with Crippen molar-refractivity contribution < 1.29 is 9.53 Å². The molecule has 1 aromatic heterocycles. The summed E-state index contributed by atoms with van der Waals surface area (Å²) in [5, 5.41) is 1.12. The molecule has 134 valence electrons. The Morgan fingerprint density at radius 3 is 2.33 bits per heavy atom. The van der Waals surface area contributed by atoms with E-state index in [1.807, 2.05) is 85.9 Å². The molecule has 3 nitrogen and oxygen atoms in total. The zero-order valence-electron chi connectivity index (χ0n) is 15.2. The highest BCUT2D eigenvalue weighted by atomic mass is 16.5. The summed E-state index contributed by atoms with van der Waals surface area (Å²) in [6.07, 6.45) is 2.36. The van der Waals surface area contributed by atoms with Crippen LogP contribution in [0, 0.1) is 0 Å². The van der Waals surface area contributed by atoms with Crippen LogP contribution in [0.4, 0.5) is 0 Å². The second kappa shape index (κ2) is 7.50. The number of rotatable bonds is 6. The van der Waals surface area contributed by atoms with E-state index < -0.39 is 0 Å². The van der Waals surface area contributed by atoms with E-state index in [4.69, 9.17) is 4.74 Å². The summed E-state index contributed by atoms with van der Waals surface area (Å²) >= 11 is 0. The molecule has 3 aromatic carbocycles. The van der Waals surface area contributed by atoms with E-state index in [0.29, 0.717) is 6.42 Å². The monoisotopic (exact) mass is 355 g/mol. The maximum Gasteiger partial charge on any atom is 0.144 e. The first-order chi connectivity index (χ1) is 13.2. The van der Waals surface area contributed by atoms with Crippen LogP contribution in [-0.4, -0.2) is 10.8 Å². The Labute approximate surface area is 158 Å². The van der Waals surface area contributed by atoms with E-state index in [1.54, 1.807) is 0 Å². The maximum atomic E-state index is 12.8. The zero-order chi connectivity index (χ0) is 18.6. The fourth-order valence-corrected chi connectivity index (χ4v) is 3.28. The SMILES string of the molecule is CC(C(=O)Cc1ccc(Oc2ccccc2)cc1)c1c[nH]c2ccccc12. The van der Waals surface area contributed by atoms with Gasteiger partial charge in [-0.2, -0.15) is 0 Å². The van der Waals surface area contributed by atoms with Crippen molar-refractivity contribution in [2.75, 3.05) is 0 Å². The van der Waals surface area contributed by atoms with Gasteiger partial charge < -0.3 is 9.72 Å². The standard InChI is InChI=1S/C24H21NO2/c1-17(22-16-25-23-10-6-5-9-21(22)23)24(26)15-18-11-13-20(14-12-18)27-19-7-3-2-4-8-19/h2-14,16-17,25H,15H2,1H3. The van der Waals surface area contributed by atoms with E-state index >= 15 is 0 Å². The van der Waals surface area contributed by atoms with Gasteiger partial charge in [0.2, 0.25) is 0 Å². The summed E-state index contributed by atoms with van der Waals surface area (Å²) in [7, 11) is 0. The van der Waals surface area contributed by atoms with Crippen LogP contribution in [0.2, 0.25) is 0 Å². The fourth-order valence-electron chi connectivity index (χ4n) is 3.28. The van der Waals surface area contributed by atoms with Gasteiger partial charge in [-0.15, -0.1) is 0 Å². The van der Waals surface area contributed by atoms with Gasteiger partial charge in [0.1, 0.15) is 17.3 Å². The third-order valence-electron chi connectivity index (χ3n) is 4.85. The highest BCUT2D eigenvalue weighted by Gasteiger charge is 2.19. The van der Waals surface area contributed by atoms with Crippen molar-refractivity contribution in [2.24, 2.45) is 0 Å². The summed E-state index contributed by atoms with van der Waals surface area (Å²) in [5.74, 6) is 1.62. The maximum absolute atomic E-state index is 12.8. The van der Waals surface area contributed by atoms with Crippen LogP contribution < -0.4 is 4.74 Å². The summed E-state index contributed by atoms with van der Waals surface area (Å²) in [6.45, 7) is 1.98. The fraction of sp³-hybridized carbons (Fsp3) is 0.125. The molecule has 3 heteroatoms. The summed E-state index contributed by atoms with van der Waals surface area (Å²) < 4.78 is 5.80. The molecule has 1 heterocycles. The number of nitrogens with one attached hydrogen (secondary N) is 1. The van der Waals surface area contributed by atoms with Crippen molar-refractivity contribution in [3.63, 3.8) is 0 Å². The Bertz CT molecular complexity index is 1050. The van der Waals surface area contributed by atoms with Crippen molar-refractivity contribution in [1.29, 1.82) is 0 Å². The Morgan fingerprint density at radius 2 is 1.56 bits per heavy atom. The highest BCUT2D eigenvalue weighted by Crippen LogP contribution is 2.27. The van der Waals surface area contributed by atoms with E-state index in [0.717, 1.165) is 33.5 Å². The second-order valence-corrected chi connectivity index (χ2v) is 6.71. The number of hydrogen-bond acceptors (Lipinski definition) is 2. The molecule has 1 unspecified atom stereocenters. The predicted octanol–water partition coefficient (Wildman–Crippen LogP) is 5.88. The lowest BCUT2D eigenvalue weighted by Crippen LogP contribution is -2.11. The van der Waals surface area contributed by atoms with Crippen molar-refractivity contribution in [1.82, 2.24) is 4.98 Å². The second-order valence-electron chi connectivity index (χ2n) is 6.71. The Morgan fingerprint density at radius 1 is 0.889 bits per heavy atom. The number of aromatic amines is 1. The van der Waals surface area contributed by atoms with Gasteiger partial charge >= 0.3 is 0 Å². The predicted molar refractivity (Wildman–Crippen MR) is 108 cm³/mol. The molecule has 27 heavy (non-hydrogen) atoms. The highest BCUT2D eigenvalue weighted by molar-refractivity contribution is 5.93.